The highest BCUT2D eigenvalue weighted by Crippen LogP contribution is 2.39. The summed E-state index contributed by atoms with van der Waals surface area (Å²) in [5, 5.41) is 0. The Bertz CT molecular complexity index is 1080. The number of alkyl halides is 1. The third-order valence-corrected chi connectivity index (χ3v) is 8.08. The first-order valence-corrected chi connectivity index (χ1v) is 12.8. The molecular formula is C27H32ClN3O. The van der Waals surface area contributed by atoms with Gasteiger partial charge in [-0.2, -0.15) is 0 Å². The molecule has 1 atom stereocenters. The zero-order chi connectivity index (χ0) is 21.5. The zero-order valence-electron chi connectivity index (χ0n) is 18.6. The number of para-hydroxylation sites is 2. The van der Waals surface area contributed by atoms with E-state index in [1.807, 2.05) is 0 Å². The summed E-state index contributed by atoms with van der Waals surface area (Å²) in [6.45, 7) is 3.18. The Kier molecular flexibility index (Phi) is 5.60. The van der Waals surface area contributed by atoms with E-state index in [4.69, 9.17) is 21.3 Å². The number of hydrogen-bond donors (Lipinski definition) is 0. The van der Waals surface area contributed by atoms with E-state index in [0.717, 1.165) is 30.9 Å². The first kappa shape index (κ1) is 20.6. The largest absolute Gasteiger partial charge is 0.474 e. The number of piperidine rings is 1. The quantitative estimate of drug-likeness (QED) is 0.386. The summed E-state index contributed by atoms with van der Waals surface area (Å²) >= 11 is 6.48. The van der Waals surface area contributed by atoms with E-state index in [1.54, 1.807) is 0 Å². The molecule has 0 radical (unpaired) electrons. The molecule has 2 saturated carbocycles. The van der Waals surface area contributed by atoms with Gasteiger partial charge in [-0.25, -0.2) is 4.98 Å². The zero-order valence-corrected chi connectivity index (χ0v) is 19.4. The molecule has 0 amide bonds. The van der Waals surface area contributed by atoms with Crippen LogP contribution in [0.2, 0.25) is 0 Å². The lowest BCUT2D eigenvalue weighted by Crippen LogP contribution is -2.33. The molecule has 0 bridgehead atoms. The van der Waals surface area contributed by atoms with Gasteiger partial charge in [-0.1, -0.05) is 42.3 Å². The van der Waals surface area contributed by atoms with Crippen LogP contribution in [0.25, 0.3) is 11.0 Å². The average Bonchev–Trinajstić information content (AvgIpc) is 3.54. The first-order valence-electron chi connectivity index (χ1n) is 12.3. The Morgan fingerprint density at radius 2 is 1.78 bits per heavy atom. The molecule has 5 heteroatoms. The minimum absolute atomic E-state index is 0.188. The van der Waals surface area contributed by atoms with Gasteiger partial charge in [-0.15, -0.1) is 0 Å². The average molecular weight is 450 g/mol. The summed E-state index contributed by atoms with van der Waals surface area (Å²) in [7, 11) is 0. The molecule has 2 heterocycles. The van der Waals surface area contributed by atoms with Gasteiger partial charge in [0.05, 0.1) is 17.6 Å². The smallest absolute Gasteiger partial charge is 0.175 e. The molecule has 3 aromatic rings. The van der Waals surface area contributed by atoms with E-state index < -0.39 is 0 Å². The van der Waals surface area contributed by atoms with Crippen molar-refractivity contribution in [3.8, 4) is 5.75 Å². The maximum Gasteiger partial charge on any atom is 0.175 e. The van der Waals surface area contributed by atoms with Crippen LogP contribution in [0.1, 0.15) is 68.3 Å². The Labute approximate surface area is 195 Å². The number of ether oxygens (including phenoxy) is 1. The lowest BCUT2D eigenvalue weighted by molar-refractivity contribution is 0.146. The molecule has 2 aliphatic carbocycles. The van der Waals surface area contributed by atoms with Crippen LogP contribution < -0.4 is 4.74 Å². The molecule has 1 aromatic heterocycles. The van der Waals surface area contributed by atoms with Crippen LogP contribution in [0.5, 0.6) is 5.75 Å². The number of halogens is 1. The van der Waals surface area contributed by atoms with Gasteiger partial charge < -0.3 is 9.30 Å². The number of likely N-dealkylation sites (tertiary alicyclic amines) is 1. The number of nitrogens with zero attached hydrogens (tertiary/aromatic N) is 3. The fraction of sp³-hybridized carbons (Fsp3) is 0.519. The predicted molar refractivity (Wildman–Crippen MR) is 129 cm³/mol. The lowest BCUT2D eigenvalue weighted by Gasteiger charge is -2.32. The monoisotopic (exact) mass is 449 g/mol. The van der Waals surface area contributed by atoms with E-state index in [2.05, 4.69) is 58.0 Å². The highest BCUT2D eigenvalue weighted by molar-refractivity contribution is 6.20. The van der Waals surface area contributed by atoms with Crippen LogP contribution in [-0.2, 0) is 6.54 Å². The highest BCUT2D eigenvalue weighted by atomic mass is 35.5. The summed E-state index contributed by atoms with van der Waals surface area (Å²) in [6, 6.07) is 17.9. The number of rotatable bonds is 7. The fourth-order valence-electron chi connectivity index (χ4n) is 5.34. The van der Waals surface area contributed by atoms with Crippen LogP contribution in [0, 0.1) is 5.92 Å². The molecule has 0 spiro atoms. The van der Waals surface area contributed by atoms with E-state index >= 15 is 0 Å². The van der Waals surface area contributed by atoms with Crippen molar-refractivity contribution in [2.45, 2.75) is 69.0 Å². The number of imidazole rings is 1. The van der Waals surface area contributed by atoms with Crippen LogP contribution in [0.3, 0.4) is 0 Å². The van der Waals surface area contributed by atoms with E-state index in [9.17, 15) is 0 Å². The summed E-state index contributed by atoms with van der Waals surface area (Å²) in [6.07, 6.45) is 8.62. The van der Waals surface area contributed by atoms with Crippen molar-refractivity contribution in [1.82, 2.24) is 14.5 Å². The number of aromatic nitrogens is 2. The van der Waals surface area contributed by atoms with Crippen molar-refractivity contribution in [2.75, 3.05) is 13.1 Å². The molecule has 6 rings (SSSR count). The molecule has 2 aromatic carbocycles. The van der Waals surface area contributed by atoms with E-state index in [-0.39, 0.29) is 5.56 Å². The van der Waals surface area contributed by atoms with Gasteiger partial charge in [-0.05, 0) is 87.4 Å². The maximum absolute atomic E-state index is 6.48. The van der Waals surface area contributed by atoms with Gasteiger partial charge in [0.15, 0.2) is 5.56 Å². The Hall–Kier alpha value is -2.04. The normalized spacial score (nSPS) is 21.5. The number of benzene rings is 2. The molecule has 3 fully saturated rings. The second-order valence-corrected chi connectivity index (χ2v) is 10.3. The summed E-state index contributed by atoms with van der Waals surface area (Å²) in [5.41, 5.74) is 3.65. The van der Waals surface area contributed by atoms with Crippen molar-refractivity contribution < 1.29 is 4.74 Å². The summed E-state index contributed by atoms with van der Waals surface area (Å²) < 4.78 is 8.57. The molecule has 1 unspecified atom stereocenters. The SMILES string of the molecule is ClC(Oc1cccc(C2CCN(Cc3nc4ccccc4n3C3CC3)CC2)c1)C1CCC1. The van der Waals surface area contributed by atoms with Crippen molar-refractivity contribution in [1.29, 1.82) is 0 Å². The Morgan fingerprint density at radius 1 is 0.969 bits per heavy atom. The van der Waals surface area contributed by atoms with Crippen molar-refractivity contribution in [2.24, 2.45) is 5.92 Å². The van der Waals surface area contributed by atoms with Gasteiger partial charge in [0, 0.05) is 12.0 Å². The second kappa shape index (κ2) is 8.72. The van der Waals surface area contributed by atoms with Gasteiger partial charge in [0.2, 0.25) is 0 Å². The van der Waals surface area contributed by atoms with Crippen LogP contribution >= 0.6 is 11.6 Å². The van der Waals surface area contributed by atoms with Gasteiger partial charge in [-0.3, -0.25) is 4.90 Å². The third kappa shape index (κ3) is 4.15. The number of hydrogen-bond acceptors (Lipinski definition) is 3. The molecule has 1 aliphatic heterocycles. The molecular weight excluding hydrogens is 418 g/mol. The van der Waals surface area contributed by atoms with Gasteiger partial charge in [0.1, 0.15) is 11.6 Å². The molecule has 0 N–H and O–H groups in total. The van der Waals surface area contributed by atoms with Crippen LogP contribution in [0.15, 0.2) is 48.5 Å². The molecule has 3 aliphatic rings. The van der Waals surface area contributed by atoms with E-state index in [1.165, 1.54) is 61.9 Å². The lowest BCUT2D eigenvalue weighted by atomic mass is 9.86. The first-order chi connectivity index (χ1) is 15.7. The topological polar surface area (TPSA) is 30.3 Å². The Balaban J connectivity index is 1.10. The van der Waals surface area contributed by atoms with Gasteiger partial charge >= 0.3 is 0 Å². The minimum atomic E-state index is -0.188. The summed E-state index contributed by atoms with van der Waals surface area (Å²) in [4.78, 5) is 7.59. The predicted octanol–water partition coefficient (Wildman–Crippen LogP) is 6.49. The van der Waals surface area contributed by atoms with Crippen LogP contribution in [-0.4, -0.2) is 33.1 Å². The molecule has 168 valence electrons. The van der Waals surface area contributed by atoms with Crippen LogP contribution in [0.4, 0.5) is 0 Å². The van der Waals surface area contributed by atoms with Crippen molar-refractivity contribution in [3.05, 3.63) is 59.9 Å². The minimum Gasteiger partial charge on any atom is -0.474 e. The fourth-order valence-corrected chi connectivity index (χ4v) is 5.70. The van der Waals surface area contributed by atoms with Crippen molar-refractivity contribution in [3.63, 3.8) is 0 Å². The molecule has 1 saturated heterocycles. The van der Waals surface area contributed by atoms with E-state index in [0.29, 0.717) is 17.9 Å². The maximum atomic E-state index is 6.48. The standard InChI is InChI=1S/C27H32ClN3O/c28-27(20-5-3-6-20)32-23-8-4-7-21(17-23)19-13-15-30(16-14-19)18-26-29-24-9-1-2-10-25(24)31(26)22-11-12-22/h1-2,4,7-10,17,19-20,22,27H,3,5-6,11-16,18H2. The third-order valence-electron chi connectivity index (χ3n) is 7.63. The van der Waals surface area contributed by atoms with Gasteiger partial charge in [0.25, 0.3) is 0 Å². The van der Waals surface area contributed by atoms with Crippen molar-refractivity contribution >= 4 is 22.6 Å². The molecule has 4 nitrogen and oxygen atoms in total. The number of fused-ring (bicyclic) bond motifs is 1. The highest BCUT2D eigenvalue weighted by Gasteiger charge is 2.30. The second-order valence-electron chi connectivity index (χ2n) is 9.90. The molecule has 32 heavy (non-hydrogen) atoms. The Morgan fingerprint density at radius 3 is 2.53 bits per heavy atom. The summed E-state index contributed by atoms with van der Waals surface area (Å²) in [5.74, 6) is 3.28.